The smallest absolute Gasteiger partial charge is 0.240 e. The van der Waals surface area contributed by atoms with Gasteiger partial charge in [0.2, 0.25) is 12.7 Å². The van der Waals surface area contributed by atoms with E-state index in [4.69, 9.17) is 9.47 Å². The number of aryl methyl sites for hydroxylation is 1. The van der Waals surface area contributed by atoms with Crippen molar-refractivity contribution in [2.24, 2.45) is 0 Å². The van der Waals surface area contributed by atoms with Crippen LogP contribution in [0.2, 0.25) is 0 Å². The van der Waals surface area contributed by atoms with Crippen LogP contribution < -0.4 is 14.8 Å². The molecule has 1 amide bonds. The number of benzene rings is 1. The van der Waals surface area contributed by atoms with Gasteiger partial charge < -0.3 is 14.8 Å². The van der Waals surface area contributed by atoms with Crippen LogP contribution in [-0.2, 0) is 11.3 Å². The summed E-state index contributed by atoms with van der Waals surface area (Å²) < 4.78 is 10.8. The van der Waals surface area contributed by atoms with Gasteiger partial charge in [-0.1, -0.05) is 6.07 Å². The third kappa shape index (κ3) is 4.14. The molecule has 26 heavy (non-hydrogen) atoms. The summed E-state index contributed by atoms with van der Waals surface area (Å²) in [5, 5.41) is 5.48. The van der Waals surface area contributed by atoms with Crippen molar-refractivity contribution >= 4 is 22.4 Å². The zero-order valence-corrected chi connectivity index (χ0v) is 15.6. The van der Waals surface area contributed by atoms with E-state index in [1.54, 1.807) is 0 Å². The maximum absolute atomic E-state index is 12.1. The summed E-state index contributed by atoms with van der Waals surface area (Å²) in [5.74, 6) is 1.65. The predicted molar refractivity (Wildman–Crippen MR) is 99.8 cm³/mol. The van der Waals surface area contributed by atoms with E-state index in [0.717, 1.165) is 49.9 Å². The van der Waals surface area contributed by atoms with Gasteiger partial charge in [-0.3, -0.25) is 14.6 Å². The van der Waals surface area contributed by atoms with Crippen molar-refractivity contribution in [3.05, 3.63) is 34.8 Å². The first-order valence-electron chi connectivity index (χ1n) is 8.71. The minimum absolute atomic E-state index is 0.00331. The molecular formula is C18H22N4O3S. The largest absolute Gasteiger partial charge is 0.454 e. The Bertz CT molecular complexity index is 786. The Kier molecular flexibility index (Phi) is 5.05. The van der Waals surface area contributed by atoms with Crippen LogP contribution >= 0.6 is 11.3 Å². The van der Waals surface area contributed by atoms with Crippen LogP contribution in [0.4, 0.5) is 5.13 Å². The molecule has 0 aliphatic carbocycles. The highest BCUT2D eigenvalue weighted by molar-refractivity contribution is 7.13. The van der Waals surface area contributed by atoms with Gasteiger partial charge in [-0.25, -0.2) is 4.98 Å². The molecule has 1 fully saturated rings. The highest BCUT2D eigenvalue weighted by atomic mass is 32.1. The van der Waals surface area contributed by atoms with Crippen molar-refractivity contribution < 1.29 is 14.3 Å². The molecule has 0 atom stereocenters. The first-order valence-corrected chi connectivity index (χ1v) is 9.59. The molecule has 0 bridgehead atoms. The average Bonchev–Trinajstić information content (AvgIpc) is 3.25. The third-order valence-electron chi connectivity index (χ3n) is 4.54. The molecule has 0 unspecified atom stereocenters. The van der Waals surface area contributed by atoms with Crippen molar-refractivity contribution in [1.29, 1.82) is 0 Å². The first-order chi connectivity index (χ1) is 12.7. The Balaban J connectivity index is 1.23. The van der Waals surface area contributed by atoms with Gasteiger partial charge in [0.1, 0.15) is 0 Å². The lowest BCUT2D eigenvalue weighted by molar-refractivity contribution is -0.117. The summed E-state index contributed by atoms with van der Waals surface area (Å²) in [6.45, 7) is 7.18. The number of fused-ring (bicyclic) bond motifs is 1. The SMILES string of the molecule is Cc1csc(NC(=O)CN2CCN(Cc3ccc4c(c3)OCO4)CC2)n1. The minimum atomic E-state index is 0.00331. The highest BCUT2D eigenvalue weighted by Crippen LogP contribution is 2.32. The molecule has 8 heteroatoms. The fraction of sp³-hybridized carbons (Fsp3) is 0.444. The fourth-order valence-corrected chi connectivity index (χ4v) is 3.88. The molecule has 0 spiro atoms. The molecule has 0 saturated carbocycles. The van der Waals surface area contributed by atoms with Crippen LogP contribution in [0.25, 0.3) is 0 Å². The van der Waals surface area contributed by atoms with Crippen LogP contribution in [0.3, 0.4) is 0 Å². The number of nitrogens with one attached hydrogen (secondary N) is 1. The molecular weight excluding hydrogens is 352 g/mol. The lowest BCUT2D eigenvalue weighted by Gasteiger charge is -2.34. The Morgan fingerprint density at radius 3 is 2.73 bits per heavy atom. The van der Waals surface area contributed by atoms with Gasteiger partial charge in [0, 0.05) is 38.1 Å². The number of amides is 1. The standard InChI is InChI=1S/C18H22N4O3S/c1-13-11-26-18(19-13)20-17(23)10-22-6-4-21(5-7-22)9-14-2-3-15-16(8-14)25-12-24-15/h2-3,8,11H,4-7,9-10,12H2,1H3,(H,19,20,23). The van der Waals surface area contributed by atoms with E-state index < -0.39 is 0 Å². The summed E-state index contributed by atoms with van der Waals surface area (Å²) in [7, 11) is 0. The van der Waals surface area contributed by atoms with Crippen LogP contribution in [0, 0.1) is 6.92 Å². The molecule has 0 radical (unpaired) electrons. The Labute approximate surface area is 156 Å². The molecule has 2 aromatic rings. The number of ether oxygens (including phenoxy) is 2. The second kappa shape index (κ2) is 7.61. The van der Waals surface area contributed by atoms with Crippen LogP contribution in [-0.4, -0.2) is 60.2 Å². The Morgan fingerprint density at radius 2 is 1.96 bits per heavy atom. The van der Waals surface area contributed by atoms with Gasteiger partial charge in [-0.05, 0) is 24.6 Å². The van der Waals surface area contributed by atoms with Crippen molar-refractivity contribution in [2.45, 2.75) is 13.5 Å². The van der Waals surface area contributed by atoms with E-state index in [-0.39, 0.29) is 5.91 Å². The van der Waals surface area contributed by atoms with E-state index in [0.29, 0.717) is 18.5 Å². The molecule has 3 heterocycles. The Morgan fingerprint density at radius 1 is 1.19 bits per heavy atom. The zero-order valence-electron chi connectivity index (χ0n) is 14.7. The minimum Gasteiger partial charge on any atom is -0.454 e. The number of thiazole rings is 1. The number of rotatable bonds is 5. The molecule has 7 nitrogen and oxygen atoms in total. The molecule has 4 rings (SSSR count). The van der Waals surface area contributed by atoms with Crippen molar-refractivity contribution in [3.8, 4) is 11.5 Å². The lowest BCUT2D eigenvalue weighted by atomic mass is 10.1. The maximum atomic E-state index is 12.1. The molecule has 2 aliphatic heterocycles. The number of carbonyl (C=O) groups is 1. The predicted octanol–water partition coefficient (Wildman–Crippen LogP) is 1.94. The number of hydrogen-bond donors (Lipinski definition) is 1. The number of piperazine rings is 1. The highest BCUT2D eigenvalue weighted by Gasteiger charge is 2.20. The van der Waals surface area contributed by atoms with E-state index >= 15 is 0 Å². The van der Waals surface area contributed by atoms with Crippen molar-refractivity contribution in [3.63, 3.8) is 0 Å². The number of nitrogens with zero attached hydrogens (tertiary/aromatic N) is 3. The summed E-state index contributed by atoms with van der Waals surface area (Å²) in [4.78, 5) is 21.0. The molecule has 1 aromatic heterocycles. The van der Waals surface area contributed by atoms with Crippen LogP contribution in [0.1, 0.15) is 11.3 Å². The van der Waals surface area contributed by atoms with Crippen LogP contribution in [0.5, 0.6) is 11.5 Å². The quantitative estimate of drug-likeness (QED) is 0.863. The van der Waals surface area contributed by atoms with Crippen LogP contribution in [0.15, 0.2) is 23.6 Å². The van der Waals surface area contributed by atoms with Crippen molar-refractivity contribution in [2.75, 3.05) is 44.8 Å². The van der Waals surface area contributed by atoms with E-state index in [9.17, 15) is 4.79 Å². The lowest BCUT2D eigenvalue weighted by Crippen LogP contribution is -2.48. The van der Waals surface area contributed by atoms with Gasteiger partial charge in [0.15, 0.2) is 16.6 Å². The summed E-state index contributed by atoms with van der Waals surface area (Å²) in [6, 6.07) is 6.11. The second-order valence-corrected chi connectivity index (χ2v) is 7.44. The fourth-order valence-electron chi connectivity index (χ4n) is 3.18. The molecule has 138 valence electrons. The molecule has 2 aliphatic rings. The zero-order chi connectivity index (χ0) is 17.9. The van der Waals surface area contributed by atoms with Gasteiger partial charge in [-0.15, -0.1) is 11.3 Å². The van der Waals surface area contributed by atoms with Gasteiger partial charge in [0.25, 0.3) is 0 Å². The first kappa shape index (κ1) is 17.3. The monoisotopic (exact) mass is 374 g/mol. The van der Waals surface area contributed by atoms with Gasteiger partial charge in [0.05, 0.1) is 12.2 Å². The number of carbonyl (C=O) groups excluding carboxylic acids is 1. The maximum Gasteiger partial charge on any atom is 0.240 e. The normalized spacial score (nSPS) is 17.4. The number of aromatic nitrogens is 1. The van der Waals surface area contributed by atoms with Gasteiger partial charge in [-0.2, -0.15) is 0 Å². The number of hydrogen-bond acceptors (Lipinski definition) is 7. The Hall–Kier alpha value is -2.16. The average molecular weight is 374 g/mol. The number of anilines is 1. The third-order valence-corrected chi connectivity index (χ3v) is 5.42. The van der Waals surface area contributed by atoms with E-state index in [1.165, 1.54) is 16.9 Å². The van der Waals surface area contributed by atoms with Crippen molar-refractivity contribution in [1.82, 2.24) is 14.8 Å². The summed E-state index contributed by atoms with van der Waals surface area (Å²) >= 11 is 1.46. The van der Waals surface area contributed by atoms with Gasteiger partial charge >= 0.3 is 0 Å². The van der Waals surface area contributed by atoms with E-state index in [1.807, 2.05) is 18.4 Å². The van der Waals surface area contributed by atoms with E-state index in [2.05, 4.69) is 32.2 Å². The summed E-state index contributed by atoms with van der Waals surface area (Å²) in [5.41, 5.74) is 2.15. The molecule has 1 saturated heterocycles. The molecule has 1 aromatic carbocycles. The second-order valence-electron chi connectivity index (χ2n) is 6.58. The molecule has 1 N–H and O–H groups in total. The topological polar surface area (TPSA) is 66.9 Å². The summed E-state index contributed by atoms with van der Waals surface area (Å²) in [6.07, 6.45) is 0.